The fourth-order valence-electron chi connectivity index (χ4n) is 6.11. The van der Waals surface area contributed by atoms with Crippen molar-refractivity contribution in [3.8, 4) is 39.3 Å². The van der Waals surface area contributed by atoms with Crippen LogP contribution in [0.1, 0.15) is 48.7 Å². The van der Waals surface area contributed by atoms with Crippen molar-refractivity contribution >= 4 is 23.1 Å². The first kappa shape index (κ1) is 28.9. The van der Waals surface area contributed by atoms with Crippen molar-refractivity contribution in [2.45, 2.75) is 32.6 Å². The summed E-state index contributed by atoms with van der Waals surface area (Å²) < 4.78 is 15.5. The molecular weight excluding hydrogens is 559 g/mol. The van der Waals surface area contributed by atoms with Crippen LogP contribution in [-0.4, -0.2) is 49.3 Å². The molecule has 0 atom stereocenters. The molecule has 5 aromatic rings. The number of nitrogens with two attached hydrogens (primary N) is 2. The third-order valence-electron chi connectivity index (χ3n) is 8.38. The van der Waals surface area contributed by atoms with E-state index in [1.807, 2.05) is 49.2 Å². The molecule has 5 N–H and O–H groups in total. The van der Waals surface area contributed by atoms with Crippen LogP contribution >= 0.6 is 0 Å². The van der Waals surface area contributed by atoms with Gasteiger partial charge < -0.3 is 25.9 Å². The van der Waals surface area contributed by atoms with Crippen LogP contribution in [0.15, 0.2) is 73.2 Å². The van der Waals surface area contributed by atoms with E-state index in [-0.39, 0.29) is 40.3 Å². The fraction of sp³-hybridized carbons (Fsp3) is 0.235. The van der Waals surface area contributed by atoms with Crippen LogP contribution in [0.25, 0.3) is 39.0 Å². The topological polar surface area (TPSA) is 140 Å². The maximum absolute atomic E-state index is 13.4. The van der Waals surface area contributed by atoms with Crippen molar-refractivity contribution < 1.29 is 19.1 Å². The number of rotatable bonds is 6. The van der Waals surface area contributed by atoms with Crippen molar-refractivity contribution in [1.82, 2.24) is 19.3 Å². The Kier molecular flexibility index (Phi) is 7.50. The molecule has 2 amide bonds. The van der Waals surface area contributed by atoms with E-state index >= 15 is 0 Å². The van der Waals surface area contributed by atoms with Gasteiger partial charge >= 0.3 is 0 Å². The molecular formula is C34H33FN6O3. The molecule has 2 aromatic carbocycles. The Morgan fingerprint density at radius 1 is 0.955 bits per heavy atom. The van der Waals surface area contributed by atoms with Crippen LogP contribution in [0.2, 0.25) is 0 Å². The number of anilines is 1. The molecule has 0 saturated carbocycles. The van der Waals surface area contributed by atoms with Gasteiger partial charge in [0.15, 0.2) is 0 Å². The average molecular weight is 593 g/mol. The van der Waals surface area contributed by atoms with Crippen molar-refractivity contribution in [2.75, 3.05) is 18.8 Å². The molecule has 0 radical (unpaired) electrons. The number of primary amides is 1. The normalized spacial score (nSPS) is 14.0. The number of nitrogen functional groups attached to an aromatic ring is 1. The van der Waals surface area contributed by atoms with E-state index in [1.165, 1.54) is 30.5 Å². The number of benzene rings is 2. The second-order valence-corrected chi connectivity index (χ2v) is 11.5. The molecule has 44 heavy (non-hydrogen) atoms. The van der Waals surface area contributed by atoms with Crippen molar-refractivity contribution in [2.24, 2.45) is 11.7 Å². The first-order valence-electron chi connectivity index (χ1n) is 14.6. The summed E-state index contributed by atoms with van der Waals surface area (Å²) in [6.07, 6.45) is 6.75. The van der Waals surface area contributed by atoms with E-state index in [9.17, 15) is 19.1 Å². The van der Waals surface area contributed by atoms with Gasteiger partial charge in [0.05, 0.1) is 11.2 Å². The number of carbonyl (C=O) groups excluding carboxylic acids is 2. The highest BCUT2D eigenvalue weighted by atomic mass is 19.1. The Morgan fingerprint density at radius 3 is 2.20 bits per heavy atom. The molecule has 0 aliphatic carbocycles. The van der Waals surface area contributed by atoms with Crippen molar-refractivity contribution in [1.29, 1.82) is 0 Å². The van der Waals surface area contributed by atoms with E-state index in [4.69, 9.17) is 11.5 Å². The number of amides is 2. The van der Waals surface area contributed by atoms with E-state index in [0.29, 0.717) is 30.0 Å². The van der Waals surface area contributed by atoms with Crippen LogP contribution < -0.4 is 11.5 Å². The van der Waals surface area contributed by atoms with E-state index in [0.717, 1.165) is 35.2 Å². The number of halogens is 1. The Hall–Kier alpha value is -5.25. The van der Waals surface area contributed by atoms with Gasteiger partial charge in [-0.2, -0.15) is 0 Å². The number of nitrogens with zero attached hydrogens (tertiary/aromatic N) is 4. The summed E-state index contributed by atoms with van der Waals surface area (Å²) >= 11 is 0. The van der Waals surface area contributed by atoms with Gasteiger partial charge in [-0.3, -0.25) is 14.6 Å². The second kappa shape index (κ2) is 11.4. The van der Waals surface area contributed by atoms with E-state index in [2.05, 4.69) is 20.4 Å². The van der Waals surface area contributed by atoms with Crippen LogP contribution in [0, 0.1) is 11.7 Å². The molecule has 0 unspecified atom stereocenters. The quantitative estimate of drug-likeness (QED) is 0.234. The molecule has 0 spiro atoms. The molecule has 1 fully saturated rings. The zero-order chi connectivity index (χ0) is 31.1. The highest BCUT2D eigenvalue weighted by molar-refractivity contribution is 6.03. The predicted octanol–water partition coefficient (Wildman–Crippen LogP) is 5.62. The third kappa shape index (κ3) is 5.12. The molecule has 224 valence electrons. The van der Waals surface area contributed by atoms with Gasteiger partial charge in [0, 0.05) is 65.9 Å². The first-order chi connectivity index (χ1) is 21.1. The molecule has 0 bridgehead atoms. The lowest BCUT2D eigenvalue weighted by Gasteiger charge is -2.33. The minimum absolute atomic E-state index is 0.0212. The molecule has 10 heteroatoms. The lowest BCUT2D eigenvalue weighted by atomic mass is 9.92. The highest BCUT2D eigenvalue weighted by Gasteiger charge is 2.28. The van der Waals surface area contributed by atoms with Gasteiger partial charge in [0.25, 0.3) is 5.91 Å². The summed E-state index contributed by atoms with van der Waals surface area (Å²) in [6, 6.07) is 15.1. The predicted molar refractivity (Wildman–Crippen MR) is 167 cm³/mol. The third-order valence-corrected chi connectivity index (χ3v) is 8.38. The minimum Gasteiger partial charge on any atom is -0.506 e. The maximum atomic E-state index is 13.4. The van der Waals surface area contributed by atoms with Crippen LogP contribution in [0.3, 0.4) is 0 Å². The monoisotopic (exact) mass is 592 g/mol. The molecule has 6 rings (SSSR count). The maximum Gasteiger partial charge on any atom is 0.254 e. The summed E-state index contributed by atoms with van der Waals surface area (Å²) in [5.41, 5.74) is 17.3. The van der Waals surface area contributed by atoms with Gasteiger partial charge in [-0.25, -0.2) is 9.37 Å². The molecule has 1 saturated heterocycles. The summed E-state index contributed by atoms with van der Waals surface area (Å²) in [5.74, 6) is -0.751. The molecule has 3 aromatic heterocycles. The smallest absolute Gasteiger partial charge is 0.254 e. The number of hydrogen-bond acceptors (Lipinski definition) is 6. The molecule has 1 aliphatic rings. The van der Waals surface area contributed by atoms with Gasteiger partial charge in [-0.1, -0.05) is 50.2 Å². The Bertz CT molecular complexity index is 1870. The summed E-state index contributed by atoms with van der Waals surface area (Å²) in [5, 5.41) is 11.0. The number of pyridine rings is 1. The number of hydrogen-bond donors (Lipinski definition) is 3. The summed E-state index contributed by atoms with van der Waals surface area (Å²) in [4.78, 5) is 35.8. The fourth-order valence-corrected chi connectivity index (χ4v) is 6.11. The standard InChI is InChI=1S/C34H33FN6O3/c1-19(2)34(44)40-14-11-22(12-15-40)27-17-25(30-32(36)38-13-16-41(27)30)20-3-5-23(6-4-20)29-28(33(37)43)31(42)26(18-39-29)21-7-9-24(35)10-8-21/h3-10,13,16-19,22H,11-12,14-15H2,1-2H3,(H2,36,38)(H2,37,43)(H,39,42). The number of likely N-dealkylation sites (tertiary alicyclic amines) is 1. The number of aromatic nitrogens is 3. The van der Waals surface area contributed by atoms with Crippen LogP contribution in [0.5, 0.6) is 5.75 Å². The minimum atomic E-state index is -0.832. The van der Waals surface area contributed by atoms with Gasteiger partial charge in [0.2, 0.25) is 5.91 Å². The summed E-state index contributed by atoms with van der Waals surface area (Å²) in [7, 11) is 0. The van der Waals surface area contributed by atoms with Gasteiger partial charge in [0.1, 0.15) is 22.9 Å². The number of fused-ring (bicyclic) bond motifs is 1. The molecule has 4 heterocycles. The zero-order valence-electron chi connectivity index (χ0n) is 24.5. The first-order valence-corrected chi connectivity index (χ1v) is 14.6. The van der Waals surface area contributed by atoms with Gasteiger partial charge in [-0.15, -0.1) is 0 Å². The SMILES string of the molecule is CC(C)C(=O)N1CCC(c2cc(-c3ccc(-c4ncc(-c5ccc(F)cc5)c(O)c4C(N)=O)cc3)c3c(N)nccn23)CC1. The molecule has 9 nitrogen and oxygen atoms in total. The Balaban J connectivity index is 1.35. The van der Waals surface area contributed by atoms with E-state index in [1.54, 1.807) is 6.20 Å². The van der Waals surface area contributed by atoms with Crippen LogP contribution in [-0.2, 0) is 4.79 Å². The van der Waals surface area contributed by atoms with Crippen molar-refractivity contribution in [3.05, 3.63) is 90.3 Å². The van der Waals surface area contributed by atoms with Gasteiger partial charge in [-0.05, 0) is 42.2 Å². The van der Waals surface area contributed by atoms with Crippen LogP contribution in [0.4, 0.5) is 10.2 Å². The zero-order valence-corrected chi connectivity index (χ0v) is 24.5. The number of aromatic hydroxyl groups is 1. The van der Waals surface area contributed by atoms with E-state index < -0.39 is 11.7 Å². The summed E-state index contributed by atoms with van der Waals surface area (Å²) in [6.45, 7) is 5.28. The lowest BCUT2D eigenvalue weighted by Crippen LogP contribution is -2.40. The Morgan fingerprint density at radius 2 is 1.57 bits per heavy atom. The number of piperidine rings is 1. The lowest BCUT2D eigenvalue weighted by molar-refractivity contribution is -0.135. The average Bonchev–Trinajstić information content (AvgIpc) is 3.42. The van der Waals surface area contributed by atoms with Crippen molar-refractivity contribution in [3.63, 3.8) is 0 Å². The Labute approximate surface area is 254 Å². The second-order valence-electron chi connectivity index (χ2n) is 11.5. The number of carbonyl (C=O) groups is 2. The largest absolute Gasteiger partial charge is 0.506 e. The molecule has 1 aliphatic heterocycles. The highest BCUT2D eigenvalue weighted by Crippen LogP contribution is 2.40.